The van der Waals surface area contributed by atoms with Gasteiger partial charge in [-0.1, -0.05) is 39.7 Å². The van der Waals surface area contributed by atoms with Crippen LogP contribution in [-0.4, -0.2) is 13.1 Å². The minimum atomic E-state index is -0.436. The van der Waals surface area contributed by atoms with E-state index in [1.54, 1.807) is 12.1 Å². The lowest BCUT2D eigenvalue weighted by molar-refractivity contribution is 0.0601. The van der Waals surface area contributed by atoms with Gasteiger partial charge < -0.3 is 14.8 Å². The molecule has 3 rings (SSSR count). The van der Waals surface area contributed by atoms with Crippen LogP contribution in [-0.2, 0) is 4.74 Å². The Hall–Kier alpha value is -1.72. The number of halogens is 2. The minimum absolute atomic E-state index is 0.349. The molecule has 1 aliphatic heterocycles. The molecular formula is C16H13BrClNO3. The molecule has 0 bridgehead atoms. The number of esters is 1. The molecule has 0 aromatic heterocycles. The van der Waals surface area contributed by atoms with Crippen molar-refractivity contribution in [1.29, 1.82) is 0 Å². The zero-order valence-electron chi connectivity index (χ0n) is 11.9. The molecule has 1 aliphatic rings. The van der Waals surface area contributed by atoms with Crippen molar-refractivity contribution in [1.82, 2.24) is 0 Å². The van der Waals surface area contributed by atoms with Gasteiger partial charge in [0, 0.05) is 10.0 Å². The van der Waals surface area contributed by atoms with Gasteiger partial charge in [-0.15, -0.1) is 0 Å². The average Bonchev–Trinajstić information content (AvgIpc) is 2.93. The molecule has 0 saturated heterocycles. The van der Waals surface area contributed by atoms with E-state index in [2.05, 4.69) is 21.2 Å². The number of benzene rings is 2. The zero-order valence-corrected chi connectivity index (χ0v) is 14.3. The first-order valence-electron chi connectivity index (χ1n) is 6.61. The number of nitrogens with one attached hydrogen (secondary N) is 1. The summed E-state index contributed by atoms with van der Waals surface area (Å²) in [6.45, 7) is 2.01. The molecule has 114 valence electrons. The SMILES string of the molecule is COC(=O)c1cc(Cl)c2c(c1)NC(c1cccc(Br)c1C)O2. The third-order valence-corrected chi connectivity index (χ3v) is 4.72. The highest BCUT2D eigenvalue weighted by molar-refractivity contribution is 9.10. The van der Waals surface area contributed by atoms with Gasteiger partial charge in [0.1, 0.15) is 0 Å². The summed E-state index contributed by atoms with van der Waals surface area (Å²) in [5.74, 6) is 0.104. The maximum atomic E-state index is 11.7. The number of carbonyl (C=O) groups excluding carboxylic acids is 1. The van der Waals surface area contributed by atoms with E-state index in [4.69, 9.17) is 21.1 Å². The smallest absolute Gasteiger partial charge is 0.337 e. The van der Waals surface area contributed by atoms with Crippen LogP contribution in [0, 0.1) is 6.92 Å². The highest BCUT2D eigenvalue weighted by atomic mass is 79.9. The first-order chi connectivity index (χ1) is 10.5. The lowest BCUT2D eigenvalue weighted by Gasteiger charge is -2.15. The highest BCUT2D eigenvalue weighted by Gasteiger charge is 2.28. The highest BCUT2D eigenvalue weighted by Crippen LogP contribution is 2.44. The van der Waals surface area contributed by atoms with Gasteiger partial charge in [0.15, 0.2) is 12.0 Å². The van der Waals surface area contributed by atoms with Gasteiger partial charge in [-0.3, -0.25) is 0 Å². The lowest BCUT2D eigenvalue weighted by atomic mass is 10.1. The van der Waals surface area contributed by atoms with E-state index in [1.165, 1.54) is 7.11 Å². The van der Waals surface area contributed by atoms with E-state index in [0.29, 0.717) is 22.0 Å². The van der Waals surface area contributed by atoms with Gasteiger partial charge in [-0.25, -0.2) is 4.79 Å². The molecular weight excluding hydrogens is 370 g/mol. The van der Waals surface area contributed by atoms with Crippen molar-refractivity contribution < 1.29 is 14.3 Å². The molecule has 6 heteroatoms. The fourth-order valence-electron chi connectivity index (χ4n) is 2.39. The third kappa shape index (κ3) is 2.55. The van der Waals surface area contributed by atoms with E-state index in [0.717, 1.165) is 15.6 Å². The summed E-state index contributed by atoms with van der Waals surface area (Å²) in [4.78, 5) is 11.7. The summed E-state index contributed by atoms with van der Waals surface area (Å²) < 4.78 is 11.6. The molecule has 0 aliphatic carbocycles. The largest absolute Gasteiger partial charge is 0.465 e. The van der Waals surface area contributed by atoms with Crippen LogP contribution in [0.5, 0.6) is 5.75 Å². The molecule has 1 heterocycles. The Kier molecular flexibility index (Phi) is 4.02. The Morgan fingerprint density at radius 3 is 2.91 bits per heavy atom. The lowest BCUT2D eigenvalue weighted by Crippen LogP contribution is -2.11. The van der Waals surface area contributed by atoms with E-state index >= 15 is 0 Å². The van der Waals surface area contributed by atoms with E-state index in [-0.39, 0.29) is 6.23 Å². The van der Waals surface area contributed by atoms with Gasteiger partial charge >= 0.3 is 5.97 Å². The molecule has 22 heavy (non-hydrogen) atoms. The molecule has 0 spiro atoms. The second-order valence-corrected chi connectivity index (χ2v) is 6.18. The quantitative estimate of drug-likeness (QED) is 0.765. The molecule has 2 aromatic carbocycles. The number of carbonyl (C=O) groups is 1. The minimum Gasteiger partial charge on any atom is -0.465 e. The van der Waals surface area contributed by atoms with Crippen LogP contribution in [0.15, 0.2) is 34.8 Å². The maximum Gasteiger partial charge on any atom is 0.337 e. The van der Waals surface area contributed by atoms with Crippen molar-refractivity contribution in [3.63, 3.8) is 0 Å². The van der Waals surface area contributed by atoms with Crippen LogP contribution >= 0.6 is 27.5 Å². The molecule has 1 N–H and O–H groups in total. The summed E-state index contributed by atoms with van der Waals surface area (Å²) in [5, 5.41) is 3.62. The molecule has 1 unspecified atom stereocenters. The van der Waals surface area contributed by atoms with Gasteiger partial charge in [-0.05, 0) is 30.7 Å². The first-order valence-corrected chi connectivity index (χ1v) is 7.78. The summed E-state index contributed by atoms with van der Waals surface area (Å²) in [6, 6.07) is 9.13. The van der Waals surface area contributed by atoms with E-state index < -0.39 is 5.97 Å². The van der Waals surface area contributed by atoms with Gasteiger partial charge in [0.25, 0.3) is 0 Å². The number of ether oxygens (including phenoxy) is 2. The van der Waals surface area contributed by atoms with Crippen LogP contribution < -0.4 is 10.1 Å². The summed E-state index contributed by atoms with van der Waals surface area (Å²) >= 11 is 9.73. The second-order valence-electron chi connectivity index (χ2n) is 4.92. The predicted octanol–water partition coefficient (Wildman–Crippen LogP) is 4.70. The number of anilines is 1. The zero-order chi connectivity index (χ0) is 15.9. The monoisotopic (exact) mass is 381 g/mol. The summed E-state index contributed by atoms with van der Waals surface area (Å²) in [5.41, 5.74) is 3.14. The second kappa shape index (κ2) is 5.82. The van der Waals surface area contributed by atoms with Crippen molar-refractivity contribution in [2.45, 2.75) is 13.2 Å². The molecule has 0 amide bonds. The number of fused-ring (bicyclic) bond motifs is 1. The topological polar surface area (TPSA) is 47.6 Å². The number of rotatable bonds is 2. The number of hydrogen-bond acceptors (Lipinski definition) is 4. The Morgan fingerprint density at radius 2 is 2.18 bits per heavy atom. The third-order valence-electron chi connectivity index (χ3n) is 3.58. The molecule has 0 fully saturated rings. The summed E-state index contributed by atoms with van der Waals surface area (Å²) in [6.07, 6.45) is -0.349. The number of methoxy groups -OCH3 is 1. The average molecular weight is 383 g/mol. The van der Waals surface area contributed by atoms with Gasteiger partial charge in [-0.2, -0.15) is 0 Å². The Morgan fingerprint density at radius 1 is 1.41 bits per heavy atom. The molecule has 0 radical (unpaired) electrons. The van der Waals surface area contributed by atoms with Crippen molar-refractivity contribution in [3.05, 3.63) is 56.5 Å². The van der Waals surface area contributed by atoms with Gasteiger partial charge in [0.2, 0.25) is 0 Å². The standard InChI is InChI=1S/C16H13BrClNO3/c1-8-10(4-3-5-11(8)17)15-19-13-7-9(16(20)21-2)6-12(18)14(13)22-15/h3-7,15,19H,1-2H3. The van der Waals surface area contributed by atoms with E-state index in [9.17, 15) is 4.79 Å². The van der Waals surface area contributed by atoms with Crippen molar-refractivity contribution in [3.8, 4) is 5.75 Å². The number of hydrogen-bond donors (Lipinski definition) is 1. The van der Waals surface area contributed by atoms with Crippen molar-refractivity contribution in [2.75, 3.05) is 12.4 Å². The van der Waals surface area contributed by atoms with Crippen molar-refractivity contribution in [2.24, 2.45) is 0 Å². The van der Waals surface area contributed by atoms with Crippen LogP contribution in [0.3, 0.4) is 0 Å². The van der Waals surface area contributed by atoms with Crippen LogP contribution in [0.1, 0.15) is 27.7 Å². The molecule has 2 aromatic rings. The van der Waals surface area contributed by atoms with E-state index in [1.807, 2.05) is 25.1 Å². The first kappa shape index (κ1) is 15.2. The fourth-order valence-corrected chi connectivity index (χ4v) is 3.04. The van der Waals surface area contributed by atoms with Crippen LogP contribution in [0.2, 0.25) is 5.02 Å². The van der Waals surface area contributed by atoms with Crippen molar-refractivity contribution >= 4 is 39.2 Å². The Labute approximate surface area is 141 Å². The molecule has 0 saturated carbocycles. The normalized spacial score (nSPS) is 15.7. The van der Waals surface area contributed by atoms with Crippen LogP contribution in [0.25, 0.3) is 0 Å². The predicted molar refractivity (Wildman–Crippen MR) is 88.7 cm³/mol. The Bertz CT molecular complexity index is 763. The molecule has 4 nitrogen and oxygen atoms in total. The summed E-state index contributed by atoms with van der Waals surface area (Å²) in [7, 11) is 1.33. The fraction of sp³-hybridized carbons (Fsp3) is 0.188. The Balaban J connectivity index is 1.97. The maximum absolute atomic E-state index is 11.7. The van der Waals surface area contributed by atoms with Crippen LogP contribution in [0.4, 0.5) is 5.69 Å². The van der Waals surface area contributed by atoms with Gasteiger partial charge in [0.05, 0.1) is 23.4 Å². The molecule has 1 atom stereocenters.